The van der Waals surface area contributed by atoms with Gasteiger partial charge in [0.2, 0.25) is 10.0 Å². The van der Waals surface area contributed by atoms with Crippen LogP contribution in [0.5, 0.6) is 0 Å². The van der Waals surface area contributed by atoms with Crippen molar-refractivity contribution in [3.63, 3.8) is 0 Å². The number of hydrogen-bond donors (Lipinski definition) is 2. The van der Waals surface area contributed by atoms with E-state index < -0.39 is 21.7 Å². The minimum absolute atomic E-state index is 0.167. The Balaban J connectivity index is 2.78. The number of aliphatic carboxylic acids is 1. The molecule has 8 heteroatoms. The van der Waals surface area contributed by atoms with Gasteiger partial charge in [0.1, 0.15) is 5.15 Å². The van der Waals surface area contributed by atoms with Gasteiger partial charge in [0.05, 0.1) is 11.9 Å². The van der Waals surface area contributed by atoms with Gasteiger partial charge in [-0.05, 0) is 12.1 Å². The molecular weight excluding hydrogens is 244 g/mol. The lowest BCUT2D eigenvalue weighted by Gasteiger charge is -2.04. The molecule has 0 aliphatic heterocycles. The molecule has 0 radical (unpaired) electrons. The zero-order valence-electron chi connectivity index (χ0n) is 7.34. The topological polar surface area (TPSA) is 96.4 Å². The molecule has 0 amide bonds. The number of hydrogen-bond acceptors (Lipinski definition) is 4. The predicted molar refractivity (Wildman–Crippen MR) is 54.3 cm³/mol. The second kappa shape index (κ2) is 4.45. The van der Waals surface area contributed by atoms with Crippen LogP contribution in [0, 0.1) is 0 Å². The Morgan fingerprint density at radius 2 is 2.20 bits per heavy atom. The molecule has 1 heterocycles. The smallest absolute Gasteiger partial charge is 0.320 e. The van der Waals surface area contributed by atoms with E-state index in [4.69, 9.17) is 16.7 Å². The number of halogens is 1. The number of aromatic nitrogens is 1. The third-order valence-corrected chi connectivity index (χ3v) is 2.71. The third kappa shape index (κ3) is 4.13. The van der Waals surface area contributed by atoms with Crippen LogP contribution in [0.2, 0.25) is 5.15 Å². The van der Waals surface area contributed by atoms with Crippen LogP contribution in [0.4, 0.5) is 5.69 Å². The highest BCUT2D eigenvalue weighted by Gasteiger charge is 2.15. The summed E-state index contributed by atoms with van der Waals surface area (Å²) in [6.45, 7) is 0. The summed E-state index contributed by atoms with van der Waals surface area (Å²) in [5.74, 6) is -2.42. The molecule has 1 rings (SSSR count). The Kier molecular flexibility index (Phi) is 3.48. The fraction of sp³-hybridized carbons (Fsp3) is 0.143. The lowest BCUT2D eigenvalue weighted by Crippen LogP contribution is -2.22. The van der Waals surface area contributed by atoms with Crippen LogP contribution >= 0.6 is 11.6 Å². The van der Waals surface area contributed by atoms with E-state index in [1.165, 1.54) is 18.3 Å². The number of rotatable bonds is 4. The average molecular weight is 251 g/mol. The zero-order chi connectivity index (χ0) is 11.5. The Bertz CT molecular complexity index is 456. The monoisotopic (exact) mass is 250 g/mol. The SMILES string of the molecule is O=C(O)CS(=O)(=O)Nc1ccc(Cl)nc1. The van der Waals surface area contributed by atoms with Crippen LogP contribution in [0.3, 0.4) is 0 Å². The normalized spacial score (nSPS) is 11.0. The molecule has 0 atom stereocenters. The summed E-state index contributed by atoms with van der Waals surface area (Å²) < 4.78 is 24.3. The van der Waals surface area contributed by atoms with E-state index in [-0.39, 0.29) is 10.8 Å². The third-order valence-electron chi connectivity index (χ3n) is 1.31. The molecule has 0 aliphatic carbocycles. The summed E-state index contributed by atoms with van der Waals surface area (Å²) in [4.78, 5) is 13.8. The minimum Gasteiger partial charge on any atom is -0.480 e. The summed E-state index contributed by atoms with van der Waals surface area (Å²) in [5.41, 5.74) is 0.167. The van der Waals surface area contributed by atoms with Crippen molar-refractivity contribution in [1.82, 2.24) is 4.98 Å². The van der Waals surface area contributed by atoms with Gasteiger partial charge in [-0.25, -0.2) is 13.4 Å². The summed E-state index contributed by atoms with van der Waals surface area (Å²) >= 11 is 5.48. The highest BCUT2D eigenvalue weighted by Crippen LogP contribution is 2.11. The first kappa shape index (κ1) is 11.7. The van der Waals surface area contributed by atoms with Crippen molar-refractivity contribution in [2.45, 2.75) is 0 Å². The van der Waals surface area contributed by atoms with Gasteiger partial charge in [0.25, 0.3) is 0 Å². The molecular formula is C7H7ClN2O4S. The Labute approximate surface area is 91.0 Å². The number of carbonyl (C=O) groups is 1. The van der Waals surface area contributed by atoms with Crippen molar-refractivity contribution < 1.29 is 18.3 Å². The van der Waals surface area contributed by atoms with Crippen LogP contribution in [-0.4, -0.2) is 30.2 Å². The fourth-order valence-corrected chi connectivity index (χ4v) is 1.80. The van der Waals surface area contributed by atoms with Crippen molar-refractivity contribution in [3.05, 3.63) is 23.5 Å². The van der Waals surface area contributed by atoms with Gasteiger partial charge in [-0.2, -0.15) is 0 Å². The van der Waals surface area contributed by atoms with Crippen LogP contribution in [-0.2, 0) is 14.8 Å². The number of anilines is 1. The van der Waals surface area contributed by atoms with Gasteiger partial charge >= 0.3 is 5.97 Å². The van der Waals surface area contributed by atoms with E-state index in [1.54, 1.807) is 0 Å². The van der Waals surface area contributed by atoms with E-state index in [0.717, 1.165) is 0 Å². The zero-order valence-corrected chi connectivity index (χ0v) is 8.92. The highest BCUT2D eigenvalue weighted by molar-refractivity contribution is 7.93. The maximum atomic E-state index is 11.1. The lowest BCUT2D eigenvalue weighted by molar-refractivity contribution is -0.134. The van der Waals surface area contributed by atoms with E-state index in [1.807, 2.05) is 4.72 Å². The fourth-order valence-electron chi connectivity index (χ4n) is 0.814. The first-order valence-corrected chi connectivity index (χ1v) is 5.76. The molecule has 0 aromatic carbocycles. The van der Waals surface area contributed by atoms with Crippen molar-refractivity contribution in [1.29, 1.82) is 0 Å². The summed E-state index contributed by atoms with van der Waals surface area (Å²) in [6, 6.07) is 2.77. The quantitative estimate of drug-likeness (QED) is 0.761. The molecule has 1 aromatic rings. The van der Waals surface area contributed by atoms with Gasteiger partial charge in [-0.1, -0.05) is 11.6 Å². The molecule has 0 saturated carbocycles. The number of carboxylic acids is 1. The molecule has 0 bridgehead atoms. The van der Waals surface area contributed by atoms with Crippen molar-refractivity contribution in [3.8, 4) is 0 Å². The van der Waals surface area contributed by atoms with E-state index in [0.29, 0.717) is 0 Å². The van der Waals surface area contributed by atoms with Gasteiger partial charge in [-0.15, -0.1) is 0 Å². The molecule has 1 aromatic heterocycles. The van der Waals surface area contributed by atoms with Crippen molar-refractivity contribution >= 4 is 33.3 Å². The molecule has 0 unspecified atom stereocenters. The molecule has 0 fully saturated rings. The van der Waals surface area contributed by atoms with Crippen LogP contribution in [0.15, 0.2) is 18.3 Å². The largest absolute Gasteiger partial charge is 0.480 e. The van der Waals surface area contributed by atoms with Gasteiger partial charge in [-0.3, -0.25) is 9.52 Å². The molecule has 6 nitrogen and oxygen atoms in total. The molecule has 0 saturated heterocycles. The summed E-state index contributed by atoms with van der Waals surface area (Å²) in [7, 11) is -3.88. The molecule has 82 valence electrons. The van der Waals surface area contributed by atoms with E-state index in [2.05, 4.69) is 4.98 Å². The van der Waals surface area contributed by atoms with Gasteiger partial charge < -0.3 is 5.11 Å². The summed E-state index contributed by atoms with van der Waals surface area (Å²) in [5, 5.41) is 8.53. The van der Waals surface area contributed by atoms with E-state index >= 15 is 0 Å². The molecule has 0 aliphatic rings. The molecule has 15 heavy (non-hydrogen) atoms. The number of sulfonamides is 1. The van der Waals surface area contributed by atoms with Gasteiger partial charge in [0, 0.05) is 0 Å². The lowest BCUT2D eigenvalue weighted by atomic mass is 10.4. The molecule has 0 spiro atoms. The molecule has 2 N–H and O–H groups in total. The Morgan fingerprint density at radius 1 is 1.53 bits per heavy atom. The maximum absolute atomic E-state index is 11.1. The Hall–Kier alpha value is -1.34. The second-order valence-electron chi connectivity index (χ2n) is 2.62. The standard InChI is InChI=1S/C7H7ClN2O4S/c8-6-2-1-5(3-9-6)10-15(13,14)4-7(11)12/h1-3,10H,4H2,(H,11,12). The minimum atomic E-state index is -3.88. The number of nitrogens with zero attached hydrogens (tertiary/aromatic N) is 1. The van der Waals surface area contributed by atoms with Crippen molar-refractivity contribution in [2.24, 2.45) is 0 Å². The van der Waals surface area contributed by atoms with Gasteiger partial charge in [0.15, 0.2) is 5.75 Å². The predicted octanol–water partition coefficient (Wildman–Crippen LogP) is 0.561. The summed E-state index contributed by atoms with van der Waals surface area (Å²) in [6.07, 6.45) is 1.20. The average Bonchev–Trinajstić information content (AvgIpc) is 2.06. The van der Waals surface area contributed by atoms with Crippen LogP contribution in [0.1, 0.15) is 0 Å². The first-order chi connectivity index (χ1) is 6.89. The van der Waals surface area contributed by atoms with Crippen molar-refractivity contribution in [2.75, 3.05) is 10.5 Å². The highest BCUT2D eigenvalue weighted by atomic mass is 35.5. The Morgan fingerprint density at radius 3 is 2.67 bits per heavy atom. The number of carboxylic acid groups (broad SMARTS) is 1. The maximum Gasteiger partial charge on any atom is 0.320 e. The van der Waals surface area contributed by atoms with Crippen LogP contribution in [0.25, 0.3) is 0 Å². The van der Waals surface area contributed by atoms with E-state index in [9.17, 15) is 13.2 Å². The number of pyridine rings is 1. The number of nitrogens with one attached hydrogen (secondary N) is 1. The van der Waals surface area contributed by atoms with Crippen LogP contribution < -0.4 is 4.72 Å². The first-order valence-electron chi connectivity index (χ1n) is 3.73. The second-order valence-corrected chi connectivity index (χ2v) is 4.73.